The van der Waals surface area contributed by atoms with E-state index in [1.165, 1.54) is 18.4 Å². The van der Waals surface area contributed by atoms with E-state index in [2.05, 4.69) is 30.9 Å². The molecule has 0 saturated heterocycles. The summed E-state index contributed by atoms with van der Waals surface area (Å²) in [7, 11) is 0. The minimum absolute atomic E-state index is 0.916. The third-order valence-electron chi connectivity index (χ3n) is 2.88. The van der Waals surface area contributed by atoms with Crippen LogP contribution in [0, 0.1) is 0 Å². The minimum Gasteiger partial charge on any atom is -0.478 e. The van der Waals surface area contributed by atoms with Gasteiger partial charge in [0.1, 0.15) is 0 Å². The van der Waals surface area contributed by atoms with Crippen LogP contribution < -0.4 is 0 Å². The van der Waals surface area contributed by atoms with E-state index in [0.29, 0.717) is 0 Å². The topological polar surface area (TPSA) is 40.5 Å². The number of nitrogens with zero attached hydrogens (tertiary/aromatic N) is 1. The summed E-state index contributed by atoms with van der Waals surface area (Å²) < 4.78 is 0. The minimum atomic E-state index is -0.916. The van der Waals surface area contributed by atoms with Gasteiger partial charge in [0.15, 0.2) is 0 Å². The van der Waals surface area contributed by atoms with Crippen LogP contribution in [-0.2, 0) is 11.3 Å². The molecule has 0 amide bonds. The van der Waals surface area contributed by atoms with Gasteiger partial charge in [0.2, 0.25) is 0 Å². The summed E-state index contributed by atoms with van der Waals surface area (Å²) in [5.41, 5.74) is 2.19. The predicted molar refractivity (Wildman–Crippen MR) is 79.0 cm³/mol. The first kappa shape index (κ1) is 15.4. The van der Waals surface area contributed by atoms with Gasteiger partial charge in [-0.1, -0.05) is 38.1 Å². The molecular weight excluding hydrogens is 238 g/mol. The van der Waals surface area contributed by atoms with E-state index >= 15 is 0 Å². The van der Waals surface area contributed by atoms with Crippen molar-refractivity contribution >= 4 is 12.0 Å². The Bertz CT molecular complexity index is 403. The molecule has 0 fully saturated rings. The van der Waals surface area contributed by atoms with E-state index < -0.39 is 5.97 Å². The average Bonchev–Trinajstić information content (AvgIpc) is 2.38. The van der Waals surface area contributed by atoms with E-state index in [0.717, 1.165) is 31.3 Å². The van der Waals surface area contributed by atoms with Gasteiger partial charge in [0.05, 0.1) is 0 Å². The van der Waals surface area contributed by atoms with Crippen LogP contribution >= 0.6 is 0 Å². The molecular formula is C16H23NO2. The Morgan fingerprint density at radius 1 is 1.16 bits per heavy atom. The van der Waals surface area contributed by atoms with E-state index in [1.54, 1.807) is 6.08 Å². The van der Waals surface area contributed by atoms with E-state index in [-0.39, 0.29) is 0 Å². The van der Waals surface area contributed by atoms with Gasteiger partial charge in [0.25, 0.3) is 0 Å². The second kappa shape index (κ2) is 8.48. The first-order chi connectivity index (χ1) is 9.15. The van der Waals surface area contributed by atoms with E-state index in [9.17, 15) is 4.79 Å². The molecule has 0 aliphatic carbocycles. The summed E-state index contributed by atoms with van der Waals surface area (Å²) in [6.45, 7) is 7.60. The first-order valence-corrected chi connectivity index (χ1v) is 6.88. The highest BCUT2D eigenvalue weighted by Gasteiger charge is 2.03. The van der Waals surface area contributed by atoms with Crippen LogP contribution in [0.5, 0.6) is 0 Å². The molecule has 19 heavy (non-hydrogen) atoms. The quantitative estimate of drug-likeness (QED) is 0.729. The zero-order valence-electron chi connectivity index (χ0n) is 11.8. The van der Waals surface area contributed by atoms with Gasteiger partial charge in [-0.3, -0.25) is 4.90 Å². The summed E-state index contributed by atoms with van der Waals surface area (Å²) in [4.78, 5) is 12.9. The van der Waals surface area contributed by atoms with Crippen LogP contribution in [0.1, 0.15) is 37.8 Å². The van der Waals surface area contributed by atoms with Crippen molar-refractivity contribution in [3.63, 3.8) is 0 Å². The highest BCUT2D eigenvalue weighted by Crippen LogP contribution is 2.10. The Labute approximate surface area is 115 Å². The largest absolute Gasteiger partial charge is 0.478 e. The molecule has 0 atom stereocenters. The predicted octanol–water partition coefficient (Wildman–Crippen LogP) is 3.41. The lowest BCUT2D eigenvalue weighted by atomic mass is 10.1. The Morgan fingerprint density at radius 2 is 1.74 bits per heavy atom. The smallest absolute Gasteiger partial charge is 0.328 e. The van der Waals surface area contributed by atoms with Crippen LogP contribution in [0.15, 0.2) is 30.3 Å². The maximum absolute atomic E-state index is 10.4. The molecule has 1 aromatic rings. The first-order valence-electron chi connectivity index (χ1n) is 6.88. The molecule has 0 unspecified atom stereocenters. The Kier molecular flexibility index (Phi) is 6.90. The van der Waals surface area contributed by atoms with Crippen molar-refractivity contribution in [2.24, 2.45) is 0 Å². The van der Waals surface area contributed by atoms with Crippen molar-refractivity contribution in [1.29, 1.82) is 0 Å². The standard InChI is InChI=1S/C16H23NO2/c1-3-11-17(12-4-2)13-15-7-5-14(6-8-15)9-10-16(18)19/h5-10H,3-4,11-13H2,1-2H3,(H,18,19)/b10-9+. The normalized spacial score (nSPS) is 11.3. The summed E-state index contributed by atoms with van der Waals surface area (Å²) >= 11 is 0. The maximum Gasteiger partial charge on any atom is 0.328 e. The lowest BCUT2D eigenvalue weighted by molar-refractivity contribution is -0.131. The number of benzene rings is 1. The number of carboxylic acid groups (broad SMARTS) is 1. The number of aliphatic carboxylic acids is 1. The fourth-order valence-corrected chi connectivity index (χ4v) is 2.06. The molecule has 1 aromatic carbocycles. The van der Waals surface area contributed by atoms with E-state index in [1.807, 2.05) is 12.1 Å². The zero-order chi connectivity index (χ0) is 14.1. The molecule has 0 heterocycles. The molecule has 3 heteroatoms. The summed E-state index contributed by atoms with van der Waals surface area (Å²) in [6.07, 6.45) is 5.11. The van der Waals surface area contributed by atoms with Crippen molar-refractivity contribution in [2.45, 2.75) is 33.2 Å². The van der Waals surface area contributed by atoms with Crippen molar-refractivity contribution in [2.75, 3.05) is 13.1 Å². The van der Waals surface area contributed by atoms with Gasteiger partial charge in [-0.25, -0.2) is 4.79 Å². The lowest BCUT2D eigenvalue weighted by Gasteiger charge is -2.20. The maximum atomic E-state index is 10.4. The number of hydrogen-bond donors (Lipinski definition) is 1. The average molecular weight is 261 g/mol. The summed E-state index contributed by atoms with van der Waals surface area (Å²) in [5, 5.41) is 8.57. The van der Waals surface area contributed by atoms with Gasteiger partial charge in [-0.15, -0.1) is 0 Å². The van der Waals surface area contributed by atoms with Gasteiger partial charge in [0, 0.05) is 12.6 Å². The second-order valence-electron chi connectivity index (χ2n) is 4.69. The van der Waals surface area contributed by atoms with Gasteiger partial charge < -0.3 is 5.11 Å². The Balaban J connectivity index is 2.62. The Morgan fingerprint density at radius 3 is 2.21 bits per heavy atom. The highest BCUT2D eigenvalue weighted by molar-refractivity contribution is 5.85. The third kappa shape index (κ3) is 6.20. The van der Waals surface area contributed by atoms with Crippen LogP contribution in [0.25, 0.3) is 6.08 Å². The molecule has 1 N–H and O–H groups in total. The molecule has 1 rings (SSSR count). The molecule has 0 spiro atoms. The molecule has 3 nitrogen and oxygen atoms in total. The van der Waals surface area contributed by atoms with Crippen LogP contribution in [0.4, 0.5) is 0 Å². The number of carboxylic acids is 1. The number of hydrogen-bond acceptors (Lipinski definition) is 2. The fourth-order valence-electron chi connectivity index (χ4n) is 2.06. The van der Waals surface area contributed by atoms with Crippen molar-refractivity contribution in [1.82, 2.24) is 4.90 Å². The highest BCUT2D eigenvalue weighted by atomic mass is 16.4. The summed E-state index contributed by atoms with van der Waals surface area (Å²) in [5.74, 6) is -0.916. The molecule has 0 saturated carbocycles. The van der Waals surface area contributed by atoms with Gasteiger partial charge >= 0.3 is 5.97 Å². The Hall–Kier alpha value is -1.61. The SMILES string of the molecule is CCCN(CCC)Cc1ccc(/C=C/C(=O)O)cc1. The molecule has 0 aliphatic heterocycles. The number of carbonyl (C=O) groups is 1. The van der Waals surface area contributed by atoms with Gasteiger partial charge in [-0.2, -0.15) is 0 Å². The van der Waals surface area contributed by atoms with Crippen LogP contribution in [0.3, 0.4) is 0 Å². The fraction of sp³-hybridized carbons (Fsp3) is 0.438. The van der Waals surface area contributed by atoms with Crippen molar-refractivity contribution < 1.29 is 9.90 Å². The van der Waals surface area contributed by atoms with Crippen LogP contribution in [0.2, 0.25) is 0 Å². The van der Waals surface area contributed by atoms with Crippen molar-refractivity contribution in [3.05, 3.63) is 41.5 Å². The second-order valence-corrected chi connectivity index (χ2v) is 4.69. The third-order valence-corrected chi connectivity index (χ3v) is 2.88. The molecule has 104 valence electrons. The molecule has 0 aliphatic rings. The summed E-state index contributed by atoms with van der Waals surface area (Å²) in [6, 6.07) is 8.06. The molecule has 0 aromatic heterocycles. The van der Waals surface area contributed by atoms with Gasteiger partial charge in [-0.05, 0) is 43.1 Å². The molecule has 0 radical (unpaired) electrons. The zero-order valence-corrected chi connectivity index (χ0v) is 11.8. The lowest BCUT2D eigenvalue weighted by Crippen LogP contribution is -2.24. The molecule has 0 bridgehead atoms. The van der Waals surface area contributed by atoms with Crippen molar-refractivity contribution in [3.8, 4) is 0 Å². The number of rotatable bonds is 8. The monoisotopic (exact) mass is 261 g/mol. The van der Waals surface area contributed by atoms with Crippen LogP contribution in [-0.4, -0.2) is 29.1 Å². The van der Waals surface area contributed by atoms with E-state index in [4.69, 9.17) is 5.11 Å².